The number of rotatable bonds is 3. The van der Waals surface area contributed by atoms with Gasteiger partial charge in [0, 0.05) is 40.7 Å². The van der Waals surface area contributed by atoms with Crippen molar-refractivity contribution < 1.29 is 26.6 Å². The van der Waals surface area contributed by atoms with E-state index in [1.165, 1.54) is 33.9 Å². The van der Waals surface area contributed by atoms with E-state index in [9.17, 15) is 9.59 Å². The number of nitrogens with zero attached hydrogens (tertiary/aromatic N) is 2. The Hall–Kier alpha value is -3.86. The molecule has 192 valence electrons. The summed E-state index contributed by atoms with van der Waals surface area (Å²) in [6.45, 7) is 3.50. The number of aromatic nitrogens is 2. The Kier molecular flexibility index (Phi) is 10.3. The second-order valence-electron chi connectivity index (χ2n) is 8.76. The Morgan fingerprint density at radius 1 is 0.684 bits per heavy atom. The maximum Gasteiger partial charge on any atom is 0.213 e. The minimum atomic E-state index is 0. The molecule has 0 N–H and O–H groups in total. The summed E-state index contributed by atoms with van der Waals surface area (Å²) in [5, 5.41) is 7.29. The molecule has 0 fully saturated rings. The SMILES string of the molecule is CC(=O)CCl.CC(=O)C[n+]1cc2ccccc2c2ccccc21.[Cl-].c1ccc2c(c1)cnc1ccccc12. The molecule has 0 aliphatic rings. The fourth-order valence-electron chi connectivity index (χ4n) is 4.22. The van der Waals surface area contributed by atoms with Gasteiger partial charge in [0.05, 0.1) is 16.8 Å². The van der Waals surface area contributed by atoms with E-state index in [1.807, 2.05) is 53.2 Å². The predicted octanol–water partition coefficient (Wildman–Crippen LogP) is 4.08. The molecule has 0 spiro atoms. The van der Waals surface area contributed by atoms with Crippen LogP contribution in [0.25, 0.3) is 43.4 Å². The quantitative estimate of drug-likeness (QED) is 0.192. The smallest absolute Gasteiger partial charge is 0.213 e. The molecule has 0 aliphatic carbocycles. The van der Waals surface area contributed by atoms with Crippen LogP contribution >= 0.6 is 11.6 Å². The Morgan fingerprint density at radius 3 is 1.82 bits per heavy atom. The van der Waals surface area contributed by atoms with Crippen LogP contribution in [-0.4, -0.2) is 22.4 Å². The first kappa shape index (κ1) is 28.7. The summed E-state index contributed by atoms with van der Waals surface area (Å²) in [5.74, 6) is 0.326. The van der Waals surface area contributed by atoms with Gasteiger partial charge in [-0.2, -0.15) is 4.57 Å². The van der Waals surface area contributed by atoms with Crippen molar-refractivity contribution in [2.45, 2.75) is 20.4 Å². The third-order valence-corrected chi connectivity index (χ3v) is 6.21. The number of carbonyl (C=O) groups is 2. The van der Waals surface area contributed by atoms with E-state index in [2.05, 4.69) is 65.8 Å². The van der Waals surface area contributed by atoms with Crippen LogP contribution in [0.15, 0.2) is 109 Å². The van der Waals surface area contributed by atoms with Crippen LogP contribution in [0.4, 0.5) is 0 Å². The van der Waals surface area contributed by atoms with Crippen LogP contribution in [0.5, 0.6) is 0 Å². The van der Waals surface area contributed by atoms with Crippen molar-refractivity contribution in [1.29, 1.82) is 0 Å². The summed E-state index contributed by atoms with van der Waals surface area (Å²) in [7, 11) is 0. The van der Waals surface area contributed by atoms with Crippen LogP contribution in [-0.2, 0) is 16.1 Å². The summed E-state index contributed by atoms with van der Waals surface area (Å²) in [5.41, 5.74) is 2.16. The van der Waals surface area contributed by atoms with Crippen molar-refractivity contribution in [1.82, 2.24) is 4.98 Å². The zero-order chi connectivity index (χ0) is 26.2. The van der Waals surface area contributed by atoms with Gasteiger partial charge in [0.2, 0.25) is 12.1 Å². The number of hydrogen-bond donors (Lipinski definition) is 0. The Morgan fingerprint density at radius 2 is 1.18 bits per heavy atom. The highest BCUT2D eigenvalue weighted by Crippen LogP contribution is 2.23. The molecular weight excluding hydrogens is 515 g/mol. The lowest BCUT2D eigenvalue weighted by molar-refractivity contribution is -0.656. The van der Waals surface area contributed by atoms with E-state index >= 15 is 0 Å². The number of halogens is 2. The predicted molar refractivity (Wildman–Crippen MR) is 153 cm³/mol. The first-order chi connectivity index (χ1) is 18.0. The fourth-order valence-corrected chi connectivity index (χ4v) is 4.22. The fraction of sp³-hybridized carbons (Fsp3) is 0.125. The van der Waals surface area contributed by atoms with E-state index < -0.39 is 0 Å². The van der Waals surface area contributed by atoms with Crippen molar-refractivity contribution in [3.05, 3.63) is 109 Å². The highest BCUT2D eigenvalue weighted by Gasteiger charge is 2.13. The zero-order valence-corrected chi connectivity index (χ0v) is 22.8. The normalized spacial score (nSPS) is 10.2. The van der Waals surface area contributed by atoms with Gasteiger partial charge in [0.25, 0.3) is 0 Å². The average Bonchev–Trinajstić information content (AvgIpc) is 2.93. The first-order valence-electron chi connectivity index (χ1n) is 12.0. The van der Waals surface area contributed by atoms with Gasteiger partial charge in [0.15, 0.2) is 12.0 Å². The molecule has 0 atom stereocenters. The summed E-state index contributed by atoms with van der Waals surface area (Å²) >= 11 is 4.99. The highest BCUT2D eigenvalue weighted by atomic mass is 35.5. The standard InChI is InChI=1S/C16H14NO.C13H9N.C3H5ClO.ClH/c1-12(18)10-17-11-13-6-2-3-7-14(13)15-8-4-5-9-16(15)17;1-2-6-11-10(5-1)9-14-13-8-4-3-7-12(11)13;1-3(5)2-4;/h2-9,11H,10H2,1H3;1-9H;2H2,1H3;1H/q+1;;;/p-1. The summed E-state index contributed by atoms with van der Waals surface area (Å²) in [6, 6.07) is 33.0. The van der Waals surface area contributed by atoms with E-state index in [1.54, 1.807) is 6.92 Å². The molecule has 0 bridgehead atoms. The van der Waals surface area contributed by atoms with Gasteiger partial charge >= 0.3 is 0 Å². The molecular formula is C32H28Cl2N2O2. The van der Waals surface area contributed by atoms with Gasteiger partial charge in [0.1, 0.15) is 5.78 Å². The topological polar surface area (TPSA) is 50.9 Å². The van der Waals surface area contributed by atoms with Gasteiger partial charge in [-0.3, -0.25) is 14.6 Å². The molecule has 0 saturated carbocycles. The number of carbonyl (C=O) groups excluding carboxylic acids is 2. The molecule has 38 heavy (non-hydrogen) atoms. The molecule has 4 aromatic carbocycles. The van der Waals surface area contributed by atoms with E-state index in [-0.39, 0.29) is 29.9 Å². The maximum absolute atomic E-state index is 11.4. The molecule has 6 heteroatoms. The minimum absolute atomic E-state index is 0. The number of pyridine rings is 2. The number of benzene rings is 4. The van der Waals surface area contributed by atoms with Gasteiger partial charge in [-0.25, -0.2) is 0 Å². The van der Waals surface area contributed by atoms with Crippen molar-refractivity contribution in [3.8, 4) is 0 Å². The van der Waals surface area contributed by atoms with E-state index in [0.29, 0.717) is 6.54 Å². The Balaban J connectivity index is 0.000000179. The molecule has 2 heterocycles. The second-order valence-corrected chi connectivity index (χ2v) is 9.03. The molecule has 6 rings (SSSR count). The monoisotopic (exact) mass is 542 g/mol. The third kappa shape index (κ3) is 6.91. The second kappa shape index (κ2) is 13.6. The largest absolute Gasteiger partial charge is 1.00 e. The van der Waals surface area contributed by atoms with Gasteiger partial charge < -0.3 is 12.4 Å². The minimum Gasteiger partial charge on any atom is -1.00 e. The molecule has 0 radical (unpaired) electrons. The third-order valence-electron chi connectivity index (χ3n) is 5.84. The number of Topliss-reactive ketones (excluding diaryl/α,β-unsaturated/α-hetero) is 2. The molecule has 6 aromatic rings. The number of ketones is 2. The maximum atomic E-state index is 11.4. The molecule has 0 unspecified atom stereocenters. The number of alkyl halides is 1. The summed E-state index contributed by atoms with van der Waals surface area (Å²) in [4.78, 5) is 25.5. The van der Waals surface area contributed by atoms with Crippen LogP contribution in [0.1, 0.15) is 13.8 Å². The van der Waals surface area contributed by atoms with Crippen molar-refractivity contribution in [3.63, 3.8) is 0 Å². The van der Waals surface area contributed by atoms with Crippen LogP contribution < -0.4 is 17.0 Å². The average molecular weight is 543 g/mol. The molecule has 0 aliphatic heterocycles. The van der Waals surface area contributed by atoms with Gasteiger partial charge in [-0.1, -0.05) is 72.8 Å². The van der Waals surface area contributed by atoms with E-state index in [0.717, 1.165) is 16.4 Å². The van der Waals surface area contributed by atoms with Crippen molar-refractivity contribution in [2.75, 3.05) is 5.88 Å². The first-order valence-corrected chi connectivity index (χ1v) is 12.6. The Labute approximate surface area is 233 Å². The molecule has 0 saturated heterocycles. The lowest BCUT2D eigenvalue weighted by Gasteiger charge is -2.04. The highest BCUT2D eigenvalue weighted by molar-refractivity contribution is 6.27. The van der Waals surface area contributed by atoms with E-state index in [4.69, 9.17) is 11.6 Å². The lowest BCUT2D eigenvalue weighted by Crippen LogP contribution is -3.00. The summed E-state index contributed by atoms with van der Waals surface area (Å²) in [6.07, 6.45) is 3.98. The number of hydrogen-bond acceptors (Lipinski definition) is 3. The lowest BCUT2D eigenvalue weighted by atomic mass is 10.1. The number of fused-ring (bicyclic) bond motifs is 6. The van der Waals surface area contributed by atoms with Gasteiger partial charge in [-0.05, 0) is 30.5 Å². The van der Waals surface area contributed by atoms with Crippen LogP contribution in [0.3, 0.4) is 0 Å². The molecule has 0 amide bonds. The zero-order valence-electron chi connectivity index (χ0n) is 21.3. The van der Waals surface area contributed by atoms with Crippen molar-refractivity contribution in [2.24, 2.45) is 0 Å². The summed E-state index contributed by atoms with van der Waals surface area (Å²) < 4.78 is 2.03. The van der Waals surface area contributed by atoms with Gasteiger partial charge in [-0.15, -0.1) is 11.6 Å². The Bertz CT molecular complexity index is 1660. The van der Waals surface area contributed by atoms with Crippen LogP contribution in [0, 0.1) is 0 Å². The molecule has 2 aromatic heterocycles. The van der Waals surface area contributed by atoms with Crippen molar-refractivity contribution >= 4 is 66.5 Å². The number of para-hydroxylation sites is 2. The van der Waals surface area contributed by atoms with Crippen LogP contribution in [0.2, 0.25) is 0 Å². The molecule has 4 nitrogen and oxygen atoms in total.